The molecule has 0 fully saturated rings. The van der Waals surface area contributed by atoms with Crippen LogP contribution in [0.5, 0.6) is 0 Å². The zero-order chi connectivity index (χ0) is 33.2. The van der Waals surface area contributed by atoms with E-state index in [0.29, 0.717) is 0 Å². The van der Waals surface area contributed by atoms with Crippen molar-refractivity contribution in [2.24, 2.45) is 0 Å². The Balaban J connectivity index is 1.19. The predicted octanol–water partition coefficient (Wildman–Crippen LogP) is 12.9. The SMILES string of the molecule is c1ccc(-c2nc(-c3ccc(-n4c5ccc6cccc7oc8cccc9ccc4c(c98)c5c67)c4ccccc34)nc3c2sc2ccccc23)cc1. The predicted molar refractivity (Wildman–Crippen MR) is 214 cm³/mol. The molecule has 0 unspecified atom stereocenters. The molecule has 0 atom stereocenters. The molecule has 5 heteroatoms. The van der Waals surface area contributed by atoms with E-state index in [1.807, 2.05) is 0 Å². The van der Waals surface area contributed by atoms with Gasteiger partial charge in [0.05, 0.1) is 32.6 Å². The van der Waals surface area contributed by atoms with Crippen LogP contribution in [0.2, 0.25) is 0 Å². The third-order valence-electron chi connectivity index (χ3n) is 10.6. The highest BCUT2D eigenvalue weighted by molar-refractivity contribution is 7.26. The summed E-state index contributed by atoms with van der Waals surface area (Å²) >= 11 is 1.76. The van der Waals surface area contributed by atoms with Crippen molar-refractivity contribution in [1.29, 1.82) is 0 Å². The van der Waals surface area contributed by atoms with Gasteiger partial charge in [0.1, 0.15) is 11.2 Å². The lowest BCUT2D eigenvalue weighted by Crippen LogP contribution is -1.98. The van der Waals surface area contributed by atoms with Crippen LogP contribution in [0.15, 0.2) is 156 Å². The van der Waals surface area contributed by atoms with Gasteiger partial charge in [-0.2, -0.15) is 0 Å². The quantitative estimate of drug-likeness (QED) is 0.188. The van der Waals surface area contributed by atoms with E-state index < -0.39 is 0 Å². The highest BCUT2D eigenvalue weighted by atomic mass is 32.1. The van der Waals surface area contributed by atoms with Crippen molar-refractivity contribution in [3.63, 3.8) is 0 Å². The van der Waals surface area contributed by atoms with Crippen LogP contribution in [0.4, 0.5) is 0 Å². The molecule has 12 aromatic rings. The summed E-state index contributed by atoms with van der Waals surface area (Å²) in [6.45, 7) is 0. The highest BCUT2D eigenvalue weighted by Crippen LogP contribution is 2.46. The maximum atomic E-state index is 6.67. The molecule has 0 saturated carbocycles. The van der Waals surface area contributed by atoms with Crippen LogP contribution in [0, 0.1) is 0 Å². The number of thiophene rings is 1. The first-order chi connectivity index (χ1) is 25.3. The maximum absolute atomic E-state index is 6.67. The summed E-state index contributed by atoms with van der Waals surface area (Å²) in [5, 5.41) is 10.5. The number of aromatic nitrogens is 3. The highest BCUT2D eigenvalue weighted by Gasteiger charge is 2.23. The summed E-state index contributed by atoms with van der Waals surface area (Å²) in [6, 6.07) is 53.9. The lowest BCUT2D eigenvalue weighted by molar-refractivity contribution is 0.664. The normalized spacial score (nSPS) is 12.3. The molecular weight excluding hydrogens is 643 g/mol. The van der Waals surface area contributed by atoms with E-state index >= 15 is 0 Å². The van der Waals surface area contributed by atoms with Crippen molar-refractivity contribution in [3.05, 3.63) is 152 Å². The van der Waals surface area contributed by atoms with Gasteiger partial charge in [0, 0.05) is 48.1 Å². The van der Waals surface area contributed by atoms with Crippen molar-refractivity contribution in [3.8, 4) is 28.3 Å². The number of hydrogen-bond acceptors (Lipinski definition) is 4. The van der Waals surface area contributed by atoms with Crippen LogP contribution in [0.1, 0.15) is 0 Å². The Morgan fingerprint density at radius 3 is 1.86 bits per heavy atom. The number of fused-ring (bicyclic) bond motifs is 4. The van der Waals surface area contributed by atoms with Crippen LogP contribution in [-0.2, 0) is 0 Å². The zero-order valence-corrected chi connectivity index (χ0v) is 27.9. The van der Waals surface area contributed by atoms with Gasteiger partial charge in [0.15, 0.2) is 5.82 Å². The van der Waals surface area contributed by atoms with Gasteiger partial charge in [-0.1, -0.05) is 109 Å². The molecule has 4 nitrogen and oxygen atoms in total. The molecule has 0 aliphatic carbocycles. The first kappa shape index (κ1) is 27.3. The molecule has 4 heterocycles. The molecule has 0 aliphatic rings. The second kappa shape index (κ2) is 10.0. The second-order valence-electron chi connectivity index (χ2n) is 13.3. The van der Waals surface area contributed by atoms with Crippen molar-refractivity contribution in [2.45, 2.75) is 0 Å². The van der Waals surface area contributed by atoms with E-state index in [9.17, 15) is 0 Å². The monoisotopic (exact) mass is 667 g/mol. The Hall–Kier alpha value is -6.56. The van der Waals surface area contributed by atoms with Crippen LogP contribution in [0.3, 0.4) is 0 Å². The molecule has 0 radical (unpaired) electrons. The Labute approximate surface area is 294 Å². The van der Waals surface area contributed by atoms with E-state index in [1.165, 1.54) is 26.2 Å². The number of hydrogen-bond donors (Lipinski definition) is 0. The van der Waals surface area contributed by atoms with Crippen LogP contribution in [0.25, 0.3) is 114 Å². The summed E-state index contributed by atoms with van der Waals surface area (Å²) in [7, 11) is 0. The molecule has 51 heavy (non-hydrogen) atoms. The molecule has 0 amide bonds. The van der Waals surface area contributed by atoms with Crippen LogP contribution >= 0.6 is 11.3 Å². The van der Waals surface area contributed by atoms with Gasteiger partial charge in [0.2, 0.25) is 0 Å². The van der Waals surface area contributed by atoms with Crippen molar-refractivity contribution >= 4 is 96.9 Å². The Morgan fingerprint density at radius 1 is 0.490 bits per heavy atom. The van der Waals surface area contributed by atoms with E-state index in [2.05, 4.69) is 156 Å². The fourth-order valence-corrected chi connectivity index (χ4v) is 9.56. The molecule has 0 N–H and O–H groups in total. The molecule has 0 spiro atoms. The van der Waals surface area contributed by atoms with Crippen molar-refractivity contribution in [1.82, 2.24) is 14.5 Å². The third-order valence-corrected chi connectivity index (χ3v) is 11.7. The number of rotatable bonds is 3. The summed E-state index contributed by atoms with van der Waals surface area (Å²) in [6.07, 6.45) is 0. The molecule has 12 rings (SSSR count). The summed E-state index contributed by atoms with van der Waals surface area (Å²) in [5.41, 5.74) is 9.29. The van der Waals surface area contributed by atoms with Crippen molar-refractivity contribution in [2.75, 3.05) is 0 Å². The average molecular weight is 668 g/mol. The largest absolute Gasteiger partial charge is 0.456 e. The summed E-state index contributed by atoms with van der Waals surface area (Å²) in [4.78, 5) is 10.7. The van der Waals surface area contributed by atoms with Gasteiger partial charge in [0.25, 0.3) is 0 Å². The molecule has 236 valence electrons. The molecular formula is C46H25N3OS. The van der Waals surface area contributed by atoms with E-state index in [1.54, 1.807) is 11.3 Å². The Kier molecular flexibility index (Phi) is 5.35. The Bertz CT molecular complexity index is 3270. The Morgan fingerprint density at radius 2 is 1.14 bits per heavy atom. The third kappa shape index (κ3) is 3.68. The fourth-order valence-electron chi connectivity index (χ4n) is 8.40. The van der Waals surface area contributed by atoms with Gasteiger partial charge in [-0.15, -0.1) is 11.3 Å². The maximum Gasteiger partial charge on any atom is 0.161 e. The average Bonchev–Trinajstić information content (AvgIpc) is 3.68. The smallest absolute Gasteiger partial charge is 0.161 e. The lowest BCUT2D eigenvalue weighted by Gasteiger charge is -2.15. The van der Waals surface area contributed by atoms with Gasteiger partial charge in [-0.3, -0.25) is 0 Å². The topological polar surface area (TPSA) is 43.9 Å². The molecule has 0 bridgehead atoms. The van der Waals surface area contributed by atoms with Gasteiger partial charge in [-0.25, -0.2) is 9.97 Å². The minimum Gasteiger partial charge on any atom is -0.456 e. The molecule has 8 aromatic carbocycles. The molecule has 0 saturated heterocycles. The van der Waals surface area contributed by atoms with E-state index in [0.717, 1.165) is 87.7 Å². The molecule has 0 aliphatic heterocycles. The van der Waals surface area contributed by atoms with E-state index in [-0.39, 0.29) is 0 Å². The second-order valence-corrected chi connectivity index (χ2v) is 14.3. The fraction of sp³-hybridized carbons (Fsp3) is 0. The molecule has 4 aromatic heterocycles. The standard InChI is InChI=1S/C46H25N3OS/c1-2-10-28(11-3-1)43-45-44(32-16-6-7-19-38(32)51-45)48-46(47-43)31-22-25-33(30-15-5-4-14-29(30)31)49-34-23-20-26-12-8-17-36-39(26)41(34)42-35(49)24-21-27-13-9-18-37(50-36)40(27)42/h1-25H. The van der Waals surface area contributed by atoms with Gasteiger partial charge < -0.3 is 8.98 Å². The van der Waals surface area contributed by atoms with E-state index in [4.69, 9.17) is 14.4 Å². The first-order valence-corrected chi connectivity index (χ1v) is 18.0. The summed E-state index contributed by atoms with van der Waals surface area (Å²) in [5.74, 6) is 0.729. The number of nitrogens with zero attached hydrogens (tertiary/aromatic N) is 3. The minimum atomic E-state index is 0.729. The van der Waals surface area contributed by atoms with Crippen molar-refractivity contribution < 1.29 is 4.42 Å². The van der Waals surface area contributed by atoms with Gasteiger partial charge in [-0.05, 0) is 58.6 Å². The van der Waals surface area contributed by atoms with Gasteiger partial charge >= 0.3 is 0 Å². The lowest BCUT2D eigenvalue weighted by atomic mass is 10.00. The van der Waals surface area contributed by atoms with Crippen LogP contribution < -0.4 is 0 Å². The van der Waals surface area contributed by atoms with Crippen LogP contribution in [-0.4, -0.2) is 14.5 Å². The number of benzene rings is 8. The zero-order valence-electron chi connectivity index (χ0n) is 27.1. The first-order valence-electron chi connectivity index (χ1n) is 17.2. The minimum absolute atomic E-state index is 0.729. The summed E-state index contributed by atoms with van der Waals surface area (Å²) < 4.78 is 11.4.